The van der Waals surface area contributed by atoms with Gasteiger partial charge in [-0.3, -0.25) is 9.36 Å². The Balaban J connectivity index is 2.05. The number of fused-ring (bicyclic) bond motifs is 1. The Morgan fingerprint density at radius 2 is 2.35 bits per heavy atom. The Labute approximate surface area is 113 Å². The predicted octanol–water partition coefficient (Wildman–Crippen LogP) is -0.0364. The molecule has 3 rings (SSSR count). The molecule has 1 fully saturated rings. The summed E-state index contributed by atoms with van der Waals surface area (Å²) in [4.78, 5) is 34.4. The highest BCUT2D eigenvalue weighted by Gasteiger charge is 2.39. The first-order chi connectivity index (χ1) is 9.39. The maximum Gasteiger partial charge on any atom is 0.334 e. The Bertz CT molecular complexity index is 772. The van der Waals surface area contributed by atoms with Crippen LogP contribution in [0.3, 0.4) is 0 Å². The van der Waals surface area contributed by atoms with Gasteiger partial charge in [0.25, 0.3) is 5.56 Å². The molecular formula is C12H13N5O3. The second-order valence-electron chi connectivity index (χ2n) is 5.08. The van der Waals surface area contributed by atoms with Crippen molar-refractivity contribution in [2.24, 2.45) is 0 Å². The molecule has 20 heavy (non-hydrogen) atoms. The largest absolute Gasteiger partial charge is 0.454 e. The third-order valence-corrected chi connectivity index (χ3v) is 3.28. The zero-order chi connectivity index (χ0) is 14.5. The fraction of sp³-hybridized carbons (Fsp3) is 0.333. The van der Waals surface area contributed by atoms with Gasteiger partial charge >= 0.3 is 5.97 Å². The van der Waals surface area contributed by atoms with Crippen LogP contribution in [-0.2, 0) is 16.1 Å². The average molecular weight is 275 g/mol. The number of cyclic esters (lactones) is 1. The lowest BCUT2D eigenvalue weighted by atomic mass is 10.0. The number of nitrogens with zero attached hydrogens (tertiary/aromatic N) is 3. The summed E-state index contributed by atoms with van der Waals surface area (Å²) in [5.74, 6) is -0.418. The van der Waals surface area contributed by atoms with Gasteiger partial charge in [0.15, 0.2) is 11.2 Å². The normalized spacial score (nSPS) is 22.4. The van der Waals surface area contributed by atoms with Crippen LogP contribution in [0.5, 0.6) is 0 Å². The third kappa shape index (κ3) is 1.77. The smallest absolute Gasteiger partial charge is 0.334 e. The second-order valence-corrected chi connectivity index (χ2v) is 5.08. The minimum Gasteiger partial charge on any atom is -0.454 e. The fourth-order valence-corrected chi connectivity index (χ4v) is 2.37. The number of hydrogen-bond acceptors (Lipinski definition) is 6. The summed E-state index contributed by atoms with van der Waals surface area (Å²) in [7, 11) is 0. The number of carbonyl (C=O) groups is 1. The number of nitrogens with one attached hydrogen (secondary N) is 1. The molecule has 0 aliphatic carbocycles. The van der Waals surface area contributed by atoms with Crippen LogP contribution in [0.2, 0.25) is 0 Å². The van der Waals surface area contributed by atoms with Gasteiger partial charge in [-0.1, -0.05) is 6.58 Å². The summed E-state index contributed by atoms with van der Waals surface area (Å²) in [6.45, 7) is 5.48. The van der Waals surface area contributed by atoms with Crippen LogP contribution in [-0.4, -0.2) is 31.1 Å². The maximum absolute atomic E-state index is 12.3. The minimum atomic E-state index is -0.846. The molecule has 2 aromatic heterocycles. The number of rotatable bonds is 2. The zero-order valence-electron chi connectivity index (χ0n) is 10.8. The quantitative estimate of drug-likeness (QED) is 0.587. The molecule has 0 spiro atoms. The number of aromatic nitrogens is 4. The number of aromatic amines is 1. The van der Waals surface area contributed by atoms with Crippen molar-refractivity contribution >= 4 is 23.1 Å². The maximum atomic E-state index is 12.3. The van der Waals surface area contributed by atoms with Crippen LogP contribution in [0, 0.1) is 0 Å². The number of carbonyl (C=O) groups excluding carboxylic acids is 1. The summed E-state index contributed by atoms with van der Waals surface area (Å²) in [5, 5.41) is 0. The molecule has 8 heteroatoms. The van der Waals surface area contributed by atoms with Crippen molar-refractivity contribution in [1.82, 2.24) is 19.5 Å². The Hall–Kier alpha value is -2.64. The van der Waals surface area contributed by atoms with E-state index in [9.17, 15) is 9.59 Å². The number of H-pyrrole nitrogens is 1. The summed E-state index contributed by atoms with van der Waals surface area (Å²) in [6.07, 6.45) is 1.72. The van der Waals surface area contributed by atoms with Crippen molar-refractivity contribution in [3.63, 3.8) is 0 Å². The van der Waals surface area contributed by atoms with Crippen molar-refractivity contribution in [2.45, 2.75) is 25.5 Å². The molecule has 104 valence electrons. The summed E-state index contributed by atoms with van der Waals surface area (Å²) in [6, 6.07) is 0. The first-order valence-corrected chi connectivity index (χ1v) is 6.00. The predicted molar refractivity (Wildman–Crippen MR) is 70.8 cm³/mol. The van der Waals surface area contributed by atoms with Gasteiger partial charge in [-0.25, -0.2) is 9.78 Å². The van der Waals surface area contributed by atoms with Gasteiger partial charge in [0.05, 0.1) is 12.9 Å². The molecule has 1 unspecified atom stereocenters. The lowest BCUT2D eigenvalue weighted by Gasteiger charge is -2.23. The van der Waals surface area contributed by atoms with Gasteiger partial charge in [0.1, 0.15) is 5.60 Å². The van der Waals surface area contributed by atoms with Gasteiger partial charge < -0.3 is 15.5 Å². The van der Waals surface area contributed by atoms with E-state index in [0.717, 1.165) is 0 Å². The molecule has 0 aromatic carbocycles. The van der Waals surface area contributed by atoms with Gasteiger partial charge in [-0.15, -0.1) is 0 Å². The highest BCUT2D eigenvalue weighted by atomic mass is 16.6. The molecule has 0 radical (unpaired) electrons. The number of ether oxygens (including phenoxy) is 1. The van der Waals surface area contributed by atoms with Crippen LogP contribution in [0.15, 0.2) is 23.3 Å². The van der Waals surface area contributed by atoms with E-state index in [1.165, 1.54) is 10.9 Å². The highest BCUT2D eigenvalue weighted by Crippen LogP contribution is 2.31. The molecule has 3 heterocycles. The molecule has 0 bridgehead atoms. The van der Waals surface area contributed by atoms with Crippen molar-refractivity contribution < 1.29 is 9.53 Å². The third-order valence-electron chi connectivity index (χ3n) is 3.28. The van der Waals surface area contributed by atoms with Crippen molar-refractivity contribution in [2.75, 3.05) is 5.73 Å². The van der Waals surface area contributed by atoms with Gasteiger partial charge in [-0.2, -0.15) is 4.98 Å². The van der Waals surface area contributed by atoms with Crippen LogP contribution in [0.4, 0.5) is 5.95 Å². The van der Waals surface area contributed by atoms with E-state index >= 15 is 0 Å². The summed E-state index contributed by atoms with van der Waals surface area (Å²) in [5.41, 5.74) is 5.51. The van der Waals surface area contributed by atoms with E-state index in [0.29, 0.717) is 12.0 Å². The number of nitrogen functional groups attached to an aromatic ring is 1. The van der Waals surface area contributed by atoms with E-state index in [1.54, 1.807) is 6.92 Å². The first kappa shape index (κ1) is 12.4. The zero-order valence-corrected chi connectivity index (χ0v) is 10.8. The van der Waals surface area contributed by atoms with Crippen LogP contribution < -0.4 is 11.3 Å². The SMILES string of the molecule is C=C1CC(C)(Cn2c(N)nc3nc[nH]c3c2=O)OC1=O. The van der Waals surface area contributed by atoms with E-state index < -0.39 is 11.6 Å². The molecule has 0 saturated carbocycles. The first-order valence-electron chi connectivity index (χ1n) is 6.00. The average Bonchev–Trinajstić information content (AvgIpc) is 2.91. The van der Waals surface area contributed by atoms with Crippen LogP contribution >= 0.6 is 0 Å². The number of imidazole rings is 1. The van der Waals surface area contributed by atoms with E-state index in [4.69, 9.17) is 10.5 Å². The fourth-order valence-electron chi connectivity index (χ4n) is 2.37. The Morgan fingerprint density at radius 3 is 3.00 bits per heavy atom. The van der Waals surface area contributed by atoms with Gasteiger partial charge in [-0.05, 0) is 6.92 Å². The standard InChI is InChI=1S/C12H13N5O3/c1-6-3-12(2,20-10(6)19)4-17-9(18)7-8(15-5-14-7)16-11(17)13/h5H,1,3-4H2,2H3,(H2,13,16)(H,14,15). The highest BCUT2D eigenvalue weighted by molar-refractivity contribution is 5.90. The molecule has 8 nitrogen and oxygen atoms in total. The molecule has 3 N–H and O–H groups in total. The second kappa shape index (κ2) is 3.92. The van der Waals surface area contributed by atoms with Crippen LogP contribution in [0.25, 0.3) is 11.2 Å². The number of hydrogen-bond donors (Lipinski definition) is 2. The molecule has 1 aliphatic heterocycles. The summed E-state index contributed by atoms with van der Waals surface area (Å²) >= 11 is 0. The molecule has 1 aliphatic rings. The van der Waals surface area contributed by atoms with E-state index in [-0.39, 0.29) is 29.2 Å². The number of anilines is 1. The lowest BCUT2D eigenvalue weighted by Crippen LogP contribution is -2.37. The van der Waals surface area contributed by atoms with Gasteiger partial charge in [0.2, 0.25) is 5.95 Å². The lowest BCUT2D eigenvalue weighted by molar-refractivity contribution is -0.146. The van der Waals surface area contributed by atoms with Crippen LogP contribution in [0.1, 0.15) is 13.3 Å². The minimum absolute atomic E-state index is 0.0318. The van der Waals surface area contributed by atoms with Crippen molar-refractivity contribution in [3.8, 4) is 0 Å². The molecule has 0 amide bonds. The van der Waals surface area contributed by atoms with Crippen molar-refractivity contribution in [3.05, 3.63) is 28.8 Å². The Kier molecular flexibility index (Phi) is 2.43. The van der Waals surface area contributed by atoms with Gasteiger partial charge in [0, 0.05) is 12.0 Å². The number of nitrogens with two attached hydrogens (primary N) is 1. The molecule has 1 atom stereocenters. The molecule has 1 saturated heterocycles. The van der Waals surface area contributed by atoms with E-state index in [2.05, 4.69) is 21.5 Å². The number of esters is 1. The summed E-state index contributed by atoms with van der Waals surface area (Å²) < 4.78 is 6.53. The van der Waals surface area contributed by atoms with Crippen molar-refractivity contribution in [1.29, 1.82) is 0 Å². The topological polar surface area (TPSA) is 116 Å². The van der Waals surface area contributed by atoms with E-state index in [1.807, 2.05) is 0 Å². The molecule has 2 aromatic rings. The Morgan fingerprint density at radius 1 is 1.60 bits per heavy atom. The monoisotopic (exact) mass is 275 g/mol. The molecular weight excluding hydrogens is 262 g/mol.